The van der Waals surface area contributed by atoms with Gasteiger partial charge in [0.2, 0.25) is 0 Å². The van der Waals surface area contributed by atoms with Gasteiger partial charge in [-0.25, -0.2) is 9.18 Å². The second-order valence-electron chi connectivity index (χ2n) is 8.33. The Hall–Kier alpha value is -2.36. The van der Waals surface area contributed by atoms with E-state index in [1.54, 1.807) is 4.90 Å². The van der Waals surface area contributed by atoms with Gasteiger partial charge in [0.1, 0.15) is 6.67 Å². The Morgan fingerprint density at radius 3 is 1.86 bits per heavy atom. The first kappa shape index (κ1) is 20.4. The largest absolute Gasteiger partial charge is 0.320 e. The number of nitrogens with zero attached hydrogens (tertiary/aromatic N) is 2. The Labute approximate surface area is 168 Å². The Bertz CT molecular complexity index is 728. The third-order valence-electron chi connectivity index (χ3n) is 5.88. The lowest BCUT2D eigenvalue weighted by atomic mass is 9.73. The molecule has 1 saturated heterocycles. The lowest BCUT2D eigenvalue weighted by molar-refractivity contribution is 0.114. The molecule has 1 atom stereocenters. The summed E-state index contributed by atoms with van der Waals surface area (Å²) in [6.45, 7) is 8.02. The van der Waals surface area contributed by atoms with Crippen LogP contribution in [0, 0.1) is 0 Å². The molecule has 2 aromatic carbocycles. The van der Waals surface area contributed by atoms with Gasteiger partial charge in [0.05, 0.1) is 6.04 Å². The Morgan fingerprint density at radius 1 is 1.00 bits per heavy atom. The number of benzene rings is 2. The summed E-state index contributed by atoms with van der Waals surface area (Å²) in [4.78, 5) is 17.1. The highest BCUT2D eigenvalue weighted by atomic mass is 19.1. The van der Waals surface area contributed by atoms with E-state index in [1.165, 1.54) is 0 Å². The highest BCUT2D eigenvalue weighted by Gasteiger charge is 2.49. The molecule has 0 saturated carbocycles. The van der Waals surface area contributed by atoms with Gasteiger partial charge in [0, 0.05) is 24.0 Å². The molecule has 2 aromatic rings. The minimum Gasteiger partial charge on any atom is -0.320 e. The molecular formula is C24H31FN2O. The quantitative estimate of drug-likeness (QED) is 0.692. The fraction of sp³-hybridized carbons (Fsp3) is 0.458. The lowest BCUT2D eigenvalue weighted by Gasteiger charge is -2.37. The van der Waals surface area contributed by atoms with Gasteiger partial charge in [-0.1, -0.05) is 60.7 Å². The zero-order valence-corrected chi connectivity index (χ0v) is 17.3. The van der Waals surface area contributed by atoms with E-state index in [-0.39, 0.29) is 18.1 Å². The topological polar surface area (TPSA) is 23.6 Å². The van der Waals surface area contributed by atoms with E-state index in [0.717, 1.165) is 11.1 Å². The van der Waals surface area contributed by atoms with Gasteiger partial charge in [-0.2, -0.15) is 0 Å². The highest BCUT2D eigenvalue weighted by Crippen LogP contribution is 2.44. The first-order valence-electron chi connectivity index (χ1n) is 10.2. The SMILES string of the molecule is CC(C)N(C(=O)N1CC(c2ccccc2)(c2ccccc2)CC1CF)C(C)C. The first-order chi connectivity index (χ1) is 13.4. The molecule has 0 aliphatic carbocycles. The average molecular weight is 383 g/mol. The normalized spacial score (nSPS) is 18.7. The molecule has 1 aliphatic rings. The Morgan fingerprint density at radius 2 is 1.46 bits per heavy atom. The van der Waals surface area contributed by atoms with E-state index in [0.29, 0.717) is 13.0 Å². The number of halogens is 1. The van der Waals surface area contributed by atoms with Crippen molar-refractivity contribution in [1.29, 1.82) is 0 Å². The highest BCUT2D eigenvalue weighted by molar-refractivity contribution is 5.76. The second-order valence-corrected chi connectivity index (χ2v) is 8.33. The predicted octanol–water partition coefficient (Wildman–Crippen LogP) is 5.26. The van der Waals surface area contributed by atoms with Crippen molar-refractivity contribution in [2.45, 2.75) is 57.7 Å². The van der Waals surface area contributed by atoms with Crippen LogP contribution in [-0.4, -0.2) is 47.2 Å². The zero-order chi connectivity index (χ0) is 20.3. The van der Waals surface area contributed by atoms with Crippen molar-refractivity contribution in [2.24, 2.45) is 0 Å². The molecular weight excluding hydrogens is 351 g/mol. The van der Waals surface area contributed by atoms with Crippen molar-refractivity contribution in [3.8, 4) is 0 Å². The number of urea groups is 1. The number of amides is 2. The van der Waals surface area contributed by atoms with Crippen LogP contribution in [0.2, 0.25) is 0 Å². The monoisotopic (exact) mass is 382 g/mol. The molecule has 1 fully saturated rings. The predicted molar refractivity (Wildman–Crippen MR) is 112 cm³/mol. The maximum absolute atomic E-state index is 14.1. The van der Waals surface area contributed by atoms with E-state index in [1.807, 2.05) is 69.0 Å². The van der Waals surface area contributed by atoms with Crippen LogP contribution in [0.1, 0.15) is 45.2 Å². The fourth-order valence-corrected chi connectivity index (χ4v) is 4.64. The minimum atomic E-state index is -0.531. The van der Waals surface area contributed by atoms with Crippen LogP contribution in [0.4, 0.5) is 9.18 Å². The summed E-state index contributed by atoms with van der Waals surface area (Å²) in [6.07, 6.45) is 0.591. The summed E-state index contributed by atoms with van der Waals surface area (Å²) in [6, 6.07) is 20.1. The van der Waals surface area contributed by atoms with Gasteiger partial charge in [-0.3, -0.25) is 0 Å². The summed E-state index contributed by atoms with van der Waals surface area (Å²) in [5.74, 6) is 0. The average Bonchev–Trinajstić information content (AvgIpc) is 3.10. The summed E-state index contributed by atoms with van der Waals surface area (Å²) >= 11 is 0. The molecule has 0 bridgehead atoms. The Kier molecular flexibility index (Phi) is 6.07. The van der Waals surface area contributed by atoms with Gasteiger partial charge < -0.3 is 9.80 Å². The molecule has 1 aliphatic heterocycles. The van der Waals surface area contributed by atoms with Crippen LogP contribution in [0.15, 0.2) is 60.7 Å². The van der Waals surface area contributed by atoms with E-state index < -0.39 is 18.1 Å². The molecule has 0 N–H and O–H groups in total. The number of carbonyl (C=O) groups is 1. The van der Waals surface area contributed by atoms with E-state index in [4.69, 9.17) is 0 Å². The van der Waals surface area contributed by atoms with Crippen molar-refractivity contribution in [1.82, 2.24) is 9.80 Å². The van der Waals surface area contributed by atoms with Crippen LogP contribution >= 0.6 is 0 Å². The molecule has 28 heavy (non-hydrogen) atoms. The summed E-state index contributed by atoms with van der Waals surface area (Å²) in [7, 11) is 0. The number of rotatable bonds is 5. The van der Waals surface area contributed by atoms with Crippen LogP contribution in [0.25, 0.3) is 0 Å². The number of alkyl halides is 1. The van der Waals surface area contributed by atoms with Crippen molar-refractivity contribution >= 4 is 6.03 Å². The van der Waals surface area contributed by atoms with Gasteiger partial charge in [-0.05, 0) is 45.2 Å². The molecule has 2 amide bonds. The maximum Gasteiger partial charge on any atom is 0.320 e. The van der Waals surface area contributed by atoms with Crippen LogP contribution in [-0.2, 0) is 5.41 Å². The molecule has 1 unspecified atom stereocenters. The molecule has 0 radical (unpaired) electrons. The van der Waals surface area contributed by atoms with Crippen molar-refractivity contribution in [3.05, 3.63) is 71.8 Å². The molecule has 0 spiro atoms. The first-order valence-corrected chi connectivity index (χ1v) is 10.2. The Balaban J connectivity index is 2.06. The van der Waals surface area contributed by atoms with E-state index in [9.17, 15) is 9.18 Å². The van der Waals surface area contributed by atoms with Crippen molar-refractivity contribution < 1.29 is 9.18 Å². The van der Waals surface area contributed by atoms with Crippen LogP contribution in [0.3, 0.4) is 0 Å². The van der Waals surface area contributed by atoms with Crippen molar-refractivity contribution in [2.75, 3.05) is 13.2 Å². The van der Waals surface area contributed by atoms with Gasteiger partial charge in [0.25, 0.3) is 0 Å². The summed E-state index contributed by atoms with van der Waals surface area (Å²) in [5, 5.41) is 0. The van der Waals surface area contributed by atoms with Gasteiger partial charge in [0.15, 0.2) is 0 Å². The molecule has 1 heterocycles. The molecule has 3 rings (SSSR count). The third kappa shape index (κ3) is 3.65. The second kappa shape index (κ2) is 8.34. The number of hydrogen-bond donors (Lipinski definition) is 0. The van der Waals surface area contributed by atoms with Gasteiger partial charge in [-0.15, -0.1) is 0 Å². The van der Waals surface area contributed by atoms with Gasteiger partial charge >= 0.3 is 6.03 Å². The minimum absolute atomic E-state index is 0.0659. The smallest absolute Gasteiger partial charge is 0.320 e. The molecule has 3 nitrogen and oxygen atoms in total. The molecule has 150 valence electrons. The van der Waals surface area contributed by atoms with Crippen LogP contribution < -0.4 is 0 Å². The molecule has 4 heteroatoms. The molecule has 0 aromatic heterocycles. The maximum atomic E-state index is 14.1. The summed E-state index contributed by atoms with van der Waals surface area (Å²) < 4.78 is 14.1. The fourth-order valence-electron chi connectivity index (χ4n) is 4.64. The zero-order valence-electron chi connectivity index (χ0n) is 17.3. The van der Waals surface area contributed by atoms with E-state index >= 15 is 0 Å². The third-order valence-corrected chi connectivity index (χ3v) is 5.88. The van der Waals surface area contributed by atoms with Crippen molar-refractivity contribution in [3.63, 3.8) is 0 Å². The van der Waals surface area contributed by atoms with E-state index in [2.05, 4.69) is 24.3 Å². The number of likely N-dealkylation sites (tertiary alicyclic amines) is 1. The standard InChI is InChI=1S/C24H31FN2O/c1-18(2)27(19(3)4)23(28)26-17-24(15-22(26)16-25,20-11-7-5-8-12-20)21-13-9-6-10-14-21/h5-14,18-19,22H,15-17H2,1-4H3. The summed E-state index contributed by atoms with van der Waals surface area (Å²) in [5.41, 5.74) is 1.88. The van der Waals surface area contributed by atoms with Crippen LogP contribution in [0.5, 0.6) is 0 Å². The lowest BCUT2D eigenvalue weighted by Crippen LogP contribution is -2.52. The number of hydrogen-bond acceptors (Lipinski definition) is 1. The number of carbonyl (C=O) groups excluding carboxylic acids is 1.